The first kappa shape index (κ1) is 14.7. The lowest BCUT2D eigenvalue weighted by Crippen LogP contribution is -2.34. The fourth-order valence-electron chi connectivity index (χ4n) is 1.03. The third-order valence-corrected chi connectivity index (χ3v) is 1.71. The van der Waals surface area contributed by atoms with Gasteiger partial charge in [0, 0.05) is 6.20 Å². The van der Waals surface area contributed by atoms with Crippen LogP contribution in [0.25, 0.3) is 0 Å². The number of carbonyl (C=O) groups is 4. The molecule has 0 atom stereocenters. The summed E-state index contributed by atoms with van der Waals surface area (Å²) in [5.41, 5.74) is 11.8. The molecule has 20 heavy (non-hydrogen) atoms. The van der Waals surface area contributed by atoms with Crippen LogP contribution in [-0.2, 0) is 9.68 Å². The molecule has 0 spiro atoms. The number of primary amides is 2. The number of hydrogen-bond donors (Lipinski definition) is 4. The summed E-state index contributed by atoms with van der Waals surface area (Å²) in [5.74, 6) is -2.27. The third-order valence-electron chi connectivity index (χ3n) is 1.71. The van der Waals surface area contributed by atoms with Crippen LogP contribution in [0.15, 0.2) is 18.3 Å². The Hall–Kier alpha value is -3.37. The largest absolute Gasteiger partial charge is 0.382 e. The molecule has 0 aliphatic heterocycles. The Labute approximate surface area is 111 Å². The van der Waals surface area contributed by atoms with E-state index >= 15 is 0 Å². The highest BCUT2D eigenvalue weighted by Gasteiger charge is 2.22. The highest BCUT2D eigenvalue weighted by atomic mass is 16.7. The number of pyridine rings is 1. The van der Waals surface area contributed by atoms with Crippen LogP contribution in [0.3, 0.4) is 0 Å². The van der Waals surface area contributed by atoms with Crippen LogP contribution in [-0.4, -0.2) is 29.0 Å². The molecule has 0 unspecified atom stereocenters. The number of carbonyl (C=O) groups excluding carboxylic acids is 4. The summed E-state index contributed by atoms with van der Waals surface area (Å²) >= 11 is 0. The average Bonchev–Trinajstić information content (AvgIpc) is 2.42. The molecule has 0 aromatic carbocycles. The Bertz CT molecular complexity index is 511. The molecule has 1 rings (SSSR count). The normalized spacial score (nSPS) is 9.20. The van der Waals surface area contributed by atoms with Gasteiger partial charge in [-0.15, -0.1) is 0 Å². The number of aromatic nitrogens is 1. The minimum absolute atomic E-state index is 0.322. The number of hydroxylamine groups is 2. The molecule has 0 radical (unpaired) electrons. The van der Waals surface area contributed by atoms with Crippen molar-refractivity contribution in [3.63, 3.8) is 0 Å². The van der Waals surface area contributed by atoms with Crippen molar-refractivity contribution in [1.29, 1.82) is 0 Å². The van der Waals surface area contributed by atoms with Crippen molar-refractivity contribution in [2.45, 2.75) is 0 Å². The van der Waals surface area contributed by atoms with Gasteiger partial charge in [-0.25, -0.2) is 24.2 Å². The van der Waals surface area contributed by atoms with Gasteiger partial charge in [-0.1, -0.05) is 0 Å². The Morgan fingerprint density at radius 1 is 1.00 bits per heavy atom. The van der Waals surface area contributed by atoms with Crippen molar-refractivity contribution in [1.82, 2.24) is 15.9 Å². The van der Waals surface area contributed by atoms with Gasteiger partial charge < -0.3 is 21.1 Å². The smallest absolute Gasteiger partial charge is 0.349 e. The summed E-state index contributed by atoms with van der Waals surface area (Å²) in [7, 11) is 0. The first-order valence-electron chi connectivity index (χ1n) is 4.90. The fourth-order valence-corrected chi connectivity index (χ4v) is 1.03. The van der Waals surface area contributed by atoms with Crippen LogP contribution in [0.1, 0.15) is 20.8 Å². The molecule has 11 heteroatoms. The lowest BCUT2D eigenvalue weighted by atomic mass is 10.2. The molecule has 1 aromatic rings. The summed E-state index contributed by atoms with van der Waals surface area (Å²) in [6.45, 7) is 0. The minimum atomic E-state index is -1.16. The predicted octanol–water partition coefficient (Wildman–Crippen LogP) is -1.44. The molecule has 0 saturated carbocycles. The van der Waals surface area contributed by atoms with Gasteiger partial charge in [0.2, 0.25) is 0 Å². The predicted molar refractivity (Wildman–Crippen MR) is 60.5 cm³/mol. The molecule has 0 bridgehead atoms. The second-order valence-electron chi connectivity index (χ2n) is 3.11. The Balaban J connectivity index is 2.87. The quantitative estimate of drug-likeness (QED) is 0.480. The van der Waals surface area contributed by atoms with E-state index in [4.69, 9.17) is 11.5 Å². The summed E-state index contributed by atoms with van der Waals surface area (Å²) in [6.07, 6.45) is 1.19. The summed E-state index contributed by atoms with van der Waals surface area (Å²) in [5, 5.41) is 0. The number of rotatable bonds is 2. The zero-order valence-corrected chi connectivity index (χ0v) is 9.78. The molecule has 0 fully saturated rings. The van der Waals surface area contributed by atoms with Gasteiger partial charge in [-0.2, -0.15) is 11.0 Å². The average molecular weight is 283 g/mol. The minimum Gasteiger partial charge on any atom is -0.349 e. The first-order valence-corrected chi connectivity index (χ1v) is 4.90. The fraction of sp³-hybridized carbons (Fsp3) is 0. The maximum atomic E-state index is 11.6. The van der Waals surface area contributed by atoms with E-state index in [1.165, 1.54) is 18.3 Å². The van der Waals surface area contributed by atoms with Crippen LogP contribution in [0.5, 0.6) is 0 Å². The molecule has 106 valence electrons. The number of nitrogens with two attached hydrogens (primary N) is 2. The van der Waals surface area contributed by atoms with E-state index in [1.807, 2.05) is 0 Å². The number of urea groups is 2. The summed E-state index contributed by atoms with van der Waals surface area (Å²) in [4.78, 5) is 56.0. The Kier molecular flexibility index (Phi) is 4.80. The third kappa shape index (κ3) is 4.14. The molecule has 1 heterocycles. The van der Waals surface area contributed by atoms with Crippen molar-refractivity contribution in [3.8, 4) is 0 Å². The van der Waals surface area contributed by atoms with E-state index in [2.05, 4.69) is 14.7 Å². The molecule has 1 aromatic heterocycles. The van der Waals surface area contributed by atoms with Gasteiger partial charge in [-0.05, 0) is 12.1 Å². The molecular weight excluding hydrogens is 274 g/mol. The van der Waals surface area contributed by atoms with Gasteiger partial charge in [0.1, 0.15) is 0 Å². The topological polar surface area (TPSA) is 176 Å². The molecule has 6 N–H and O–H groups in total. The standard InChI is InChI=1S/C9H9N5O6/c10-8(17)13-19-6(15)4-2-1-3-12-5(4)7(16)20-14-9(11)18/h1-3H,(H3,10,13,17)(H3,11,14,18). The maximum Gasteiger partial charge on any atom is 0.382 e. The Morgan fingerprint density at radius 3 is 2.10 bits per heavy atom. The van der Waals surface area contributed by atoms with Gasteiger partial charge in [0.25, 0.3) is 0 Å². The van der Waals surface area contributed by atoms with Gasteiger partial charge in [-0.3, -0.25) is 0 Å². The number of nitrogens with one attached hydrogen (secondary N) is 2. The molecule has 0 aliphatic rings. The van der Waals surface area contributed by atoms with Crippen LogP contribution in [0, 0.1) is 0 Å². The maximum absolute atomic E-state index is 11.6. The summed E-state index contributed by atoms with van der Waals surface area (Å²) in [6, 6.07) is 0.286. The van der Waals surface area contributed by atoms with E-state index in [-0.39, 0.29) is 5.56 Å². The highest BCUT2D eigenvalue weighted by Crippen LogP contribution is 2.08. The summed E-state index contributed by atoms with van der Waals surface area (Å²) < 4.78 is 0. The van der Waals surface area contributed by atoms with E-state index in [9.17, 15) is 19.2 Å². The molecule has 0 aliphatic carbocycles. The first-order chi connectivity index (χ1) is 9.41. The molecule has 4 amide bonds. The van der Waals surface area contributed by atoms with Gasteiger partial charge in [0.15, 0.2) is 5.69 Å². The monoisotopic (exact) mass is 283 g/mol. The van der Waals surface area contributed by atoms with E-state index < -0.39 is 29.7 Å². The van der Waals surface area contributed by atoms with Crippen molar-refractivity contribution < 1.29 is 28.9 Å². The lowest BCUT2D eigenvalue weighted by molar-refractivity contribution is 0.0285. The molecular formula is C9H9N5O6. The van der Waals surface area contributed by atoms with Crippen LogP contribution < -0.4 is 22.4 Å². The van der Waals surface area contributed by atoms with Crippen LogP contribution in [0.4, 0.5) is 9.59 Å². The lowest BCUT2D eigenvalue weighted by Gasteiger charge is -2.07. The molecule has 11 nitrogen and oxygen atoms in total. The Morgan fingerprint density at radius 2 is 1.55 bits per heavy atom. The second kappa shape index (κ2) is 6.53. The van der Waals surface area contributed by atoms with Crippen molar-refractivity contribution in [2.24, 2.45) is 11.5 Å². The number of hydrogen-bond acceptors (Lipinski definition) is 7. The van der Waals surface area contributed by atoms with Crippen molar-refractivity contribution in [3.05, 3.63) is 29.6 Å². The van der Waals surface area contributed by atoms with Crippen molar-refractivity contribution in [2.75, 3.05) is 0 Å². The van der Waals surface area contributed by atoms with Crippen LogP contribution >= 0.6 is 0 Å². The van der Waals surface area contributed by atoms with E-state index in [0.717, 1.165) is 0 Å². The van der Waals surface area contributed by atoms with Crippen molar-refractivity contribution >= 4 is 24.0 Å². The number of amides is 4. The highest BCUT2D eigenvalue weighted by molar-refractivity contribution is 6.02. The second-order valence-corrected chi connectivity index (χ2v) is 3.11. The van der Waals surface area contributed by atoms with E-state index in [1.54, 1.807) is 11.0 Å². The zero-order chi connectivity index (χ0) is 15.1. The van der Waals surface area contributed by atoms with Gasteiger partial charge in [0.05, 0.1) is 5.56 Å². The number of nitrogens with zero attached hydrogens (tertiary/aromatic N) is 1. The van der Waals surface area contributed by atoms with Crippen LogP contribution in [0.2, 0.25) is 0 Å². The van der Waals surface area contributed by atoms with E-state index in [0.29, 0.717) is 0 Å². The van der Waals surface area contributed by atoms with Gasteiger partial charge >= 0.3 is 24.0 Å². The SMILES string of the molecule is NC(=O)NOC(=O)c1cccnc1C(=O)ONC(N)=O. The molecule has 0 saturated heterocycles. The zero-order valence-electron chi connectivity index (χ0n) is 9.78.